The number of aryl methyl sites for hydroxylation is 2. The van der Waals surface area contributed by atoms with Crippen molar-refractivity contribution in [3.05, 3.63) is 17.0 Å². The van der Waals surface area contributed by atoms with Gasteiger partial charge in [0.1, 0.15) is 0 Å². The first-order valence-corrected chi connectivity index (χ1v) is 6.60. The molecule has 0 spiro atoms. The molecule has 1 atom stereocenters. The van der Waals surface area contributed by atoms with Crippen LogP contribution in [0.15, 0.2) is 5.16 Å². The maximum atomic E-state index is 5.63. The Kier molecular flexibility index (Phi) is 3.26. The van der Waals surface area contributed by atoms with Crippen molar-refractivity contribution >= 4 is 11.8 Å². The van der Waals surface area contributed by atoms with Gasteiger partial charge in [0.25, 0.3) is 0 Å². The third kappa shape index (κ3) is 2.01. The summed E-state index contributed by atoms with van der Waals surface area (Å²) < 4.78 is 0. The van der Waals surface area contributed by atoms with E-state index in [1.54, 1.807) is 11.8 Å². The lowest BCUT2D eigenvalue weighted by Crippen LogP contribution is -2.07. The molecule has 1 aromatic rings. The van der Waals surface area contributed by atoms with Crippen LogP contribution in [-0.2, 0) is 6.42 Å². The van der Waals surface area contributed by atoms with Gasteiger partial charge in [0.15, 0.2) is 5.16 Å². The molecule has 4 heteroatoms. The first kappa shape index (κ1) is 10.9. The first-order chi connectivity index (χ1) is 7.26. The van der Waals surface area contributed by atoms with Crippen molar-refractivity contribution < 1.29 is 0 Å². The number of hydrogen-bond acceptors (Lipinski definition) is 4. The number of rotatable bonds is 3. The van der Waals surface area contributed by atoms with Crippen LogP contribution < -0.4 is 5.73 Å². The molecule has 2 N–H and O–H groups in total. The molecular weight excluding hydrogens is 206 g/mol. The summed E-state index contributed by atoms with van der Waals surface area (Å²) in [5, 5.41) is 0.902. The fraction of sp³-hybridized carbons (Fsp3) is 0.636. The number of thioether (sulfide) groups is 1. The second kappa shape index (κ2) is 4.49. The van der Waals surface area contributed by atoms with Gasteiger partial charge in [-0.05, 0) is 50.5 Å². The van der Waals surface area contributed by atoms with E-state index < -0.39 is 0 Å². The fourth-order valence-corrected chi connectivity index (χ4v) is 2.80. The van der Waals surface area contributed by atoms with E-state index in [2.05, 4.69) is 16.9 Å². The second-order valence-electron chi connectivity index (χ2n) is 3.97. The van der Waals surface area contributed by atoms with E-state index in [4.69, 9.17) is 5.73 Å². The van der Waals surface area contributed by atoms with Gasteiger partial charge in [-0.1, -0.05) is 11.8 Å². The average Bonchev–Trinajstić information content (AvgIpc) is 2.62. The standard InChI is InChI=1S/C11H17N3S/c1-7-10-8(5-6-12)3-4-9(10)14-11(13-7)15-2/h8H,3-6,12H2,1-2H3. The van der Waals surface area contributed by atoms with E-state index >= 15 is 0 Å². The van der Waals surface area contributed by atoms with Crippen LogP contribution in [0.25, 0.3) is 0 Å². The highest BCUT2D eigenvalue weighted by Gasteiger charge is 2.26. The highest BCUT2D eigenvalue weighted by molar-refractivity contribution is 7.98. The van der Waals surface area contributed by atoms with Crippen LogP contribution in [0.3, 0.4) is 0 Å². The van der Waals surface area contributed by atoms with Gasteiger partial charge in [-0.2, -0.15) is 0 Å². The maximum absolute atomic E-state index is 5.63. The lowest BCUT2D eigenvalue weighted by molar-refractivity contribution is 0.623. The molecule has 3 nitrogen and oxygen atoms in total. The van der Waals surface area contributed by atoms with E-state index in [-0.39, 0.29) is 0 Å². The van der Waals surface area contributed by atoms with E-state index in [0.29, 0.717) is 5.92 Å². The van der Waals surface area contributed by atoms with Crippen LogP contribution in [0.1, 0.15) is 35.7 Å². The quantitative estimate of drug-likeness (QED) is 0.628. The second-order valence-corrected chi connectivity index (χ2v) is 4.74. The molecule has 2 rings (SSSR count). The topological polar surface area (TPSA) is 51.8 Å². The monoisotopic (exact) mass is 223 g/mol. The summed E-state index contributed by atoms with van der Waals surface area (Å²) in [5.41, 5.74) is 9.41. The predicted octanol–water partition coefficient (Wildman–Crippen LogP) is 1.89. The van der Waals surface area contributed by atoms with Crippen LogP contribution in [0.4, 0.5) is 0 Å². The van der Waals surface area contributed by atoms with Gasteiger partial charge in [-0.3, -0.25) is 0 Å². The largest absolute Gasteiger partial charge is 0.330 e. The molecule has 0 bridgehead atoms. The van der Waals surface area contributed by atoms with Crippen molar-refractivity contribution in [3.8, 4) is 0 Å². The van der Waals surface area contributed by atoms with E-state index in [0.717, 1.165) is 30.2 Å². The summed E-state index contributed by atoms with van der Waals surface area (Å²) in [4.78, 5) is 9.08. The highest BCUT2D eigenvalue weighted by Crippen LogP contribution is 2.36. The Morgan fingerprint density at radius 1 is 1.47 bits per heavy atom. The third-order valence-electron chi connectivity index (χ3n) is 3.03. The highest BCUT2D eigenvalue weighted by atomic mass is 32.2. The van der Waals surface area contributed by atoms with Gasteiger partial charge >= 0.3 is 0 Å². The van der Waals surface area contributed by atoms with Crippen molar-refractivity contribution in [3.63, 3.8) is 0 Å². The molecule has 1 aliphatic rings. The Bertz CT molecular complexity index is 365. The fourth-order valence-electron chi connectivity index (χ4n) is 2.37. The maximum Gasteiger partial charge on any atom is 0.187 e. The van der Waals surface area contributed by atoms with Crippen molar-refractivity contribution in [2.45, 2.75) is 37.3 Å². The van der Waals surface area contributed by atoms with Gasteiger partial charge in [0.2, 0.25) is 0 Å². The van der Waals surface area contributed by atoms with E-state index in [9.17, 15) is 0 Å². The minimum atomic E-state index is 0.598. The molecule has 0 saturated heterocycles. The van der Waals surface area contributed by atoms with Crippen molar-refractivity contribution in [2.24, 2.45) is 5.73 Å². The molecular formula is C11H17N3S. The molecule has 82 valence electrons. The molecule has 1 aliphatic carbocycles. The summed E-state index contributed by atoms with van der Waals surface area (Å²) >= 11 is 1.62. The SMILES string of the molecule is CSc1nc(C)c2c(n1)CCC2CCN. The van der Waals surface area contributed by atoms with Crippen LogP contribution in [0.2, 0.25) is 0 Å². The predicted molar refractivity (Wildman–Crippen MR) is 63.3 cm³/mol. The van der Waals surface area contributed by atoms with Crippen molar-refractivity contribution in [1.82, 2.24) is 9.97 Å². The lowest BCUT2D eigenvalue weighted by Gasteiger charge is -2.12. The van der Waals surface area contributed by atoms with Gasteiger partial charge in [0.05, 0.1) is 0 Å². The van der Waals surface area contributed by atoms with E-state index in [1.807, 2.05) is 6.26 Å². The minimum absolute atomic E-state index is 0.598. The van der Waals surface area contributed by atoms with E-state index in [1.165, 1.54) is 17.7 Å². The molecule has 0 radical (unpaired) electrons. The summed E-state index contributed by atoms with van der Waals surface area (Å²) in [6, 6.07) is 0. The third-order valence-corrected chi connectivity index (χ3v) is 3.58. The molecule has 0 amide bonds. The first-order valence-electron chi connectivity index (χ1n) is 5.37. The summed E-state index contributed by atoms with van der Waals surface area (Å²) in [7, 11) is 0. The molecule has 0 saturated carbocycles. The van der Waals surface area contributed by atoms with Crippen LogP contribution in [0, 0.1) is 6.92 Å². The Morgan fingerprint density at radius 2 is 2.27 bits per heavy atom. The Morgan fingerprint density at radius 3 is 2.93 bits per heavy atom. The molecule has 1 aromatic heterocycles. The van der Waals surface area contributed by atoms with Gasteiger partial charge in [-0.25, -0.2) is 9.97 Å². The Balaban J connectivity index is 2.36. The molecule has 0 aromatic carbocycles. The smallest absolute Gasteiger partial charge is 0.187 e. The average molecular weight is 223 g/mol. The van der Waals surface area contributed by atoms with Gasteiger partial charge in [0, 0.05) is 11.4 Å². The minimum Gasteiger partial charge on any atom is -0.330 e. The summed E-state index contributed by atoms with van der Waals surface area (Å²) in [5.74, 6) is 0.598. The zero-order valence-corrected chi connectivity index (χ0v) is 10.1. The summed E-state index contributed by atoms with van der Waals surface area (Å²) in [6.45, 7) is 2.85. The zero-order chi connectivity index (χ0) is 10.8. The van der Waals surface area contributed by atoms with Gasteiger partial charge in [-0.15, -0.1) is 0 Å². The lowest BCUT2D eigenvalue weighted by atomic mass is 9.98. The molecule has 1 unspecified atom stereocenters. The van der Waals surface area contributed by atoms with Crippen LogP contribution in [-0.4, -0.2) is 22.8 Å². The van der Waals surface area contributed by atoms with Crippen LogP contribution >= 0.6 is 11.8 Å². The summed E-state index contributed by atoms with van der Waals surface area (Å²) in [6.07, 6.45) is 5.38. The normalized spacial score (nSPS) is 19.3. The number of fused-ring (bicyclic) bond motifs is 1. The van der Waals surface area contributed by atoms with Crippen LogP contribution in [0.5, 0.6) is 0 Å². The number of nitrogens with zero attached hydrogens (tertiary/aromatic N) is 2. The zero-order valence-electron chi connectivity index (χ0n) is 9.29. The van der Waals surface area contributed by atoms with Crippen molar-refractivity contribution in [1.29, 1.82) is 0 Å². The molecule has 0 aliphatic heterocycles. The number of nitrogens with two attached hydrogens (primary N) is 1. The Labute approximate surface area is 94.9 Å². The molecule has 0 fully saturated rings. The van der Waals surface area contributed by atoms with Crippen molar-refractivity contribution in [2.75, 3.05) is 12.8 Å². The Hall–Kier alpha value is -0.610. The molecule has 15 heavy (non-hydrogen) atoms. The van der Waals surface area contributed by atoms with Gasteiger partial charge < -0.3 is 5.73 Å². The molecule has 1 heterocycles. The number of aromatic nitrogens is 2. The number of hydrogen-bond donors (Lipinski definition) is 1.